The molecule has 15 heavy (non-hydrogen) atoms. The number of aromatic nitrogens is 1. The fourth-order valence-electron chi connectivity index (χ4n) is 1.87. The van der Waals surface area contributed by atoms with Gasteiger partial charge in [-0.05, 0) is 29.5 Å². The summed E-state index contributed by atoms with van der Waals surface area (Å²) in [5.41, 5.74) is 2.97. The van der Waals surface area contributed by atoms with Gasteiger partial charge in [0, 0.05) is 22.4 Å². The second-order valence-electron chi connectivity index (χ2n) is 4.83. The highest BCUT2D eigenvalue weighted by Gasteiger charge is 2.17. The minimum Gasteiger partial charge on any atom is -0.361 e. The molecule has 0 saturated heterocycles. The third-order valence-electron chi connectivity index (χ3n) is 2.72. The van der Waals surface area contributed by atoms with E-state index in [1.165, 1.54) is 16.5 Å². The van der Waals surface area contributed by atoms with Crippen LogP contribution in [-0.4, -0.2) is 10.3 Å². The molecule has 1 N–H and O–H groups in total. The van der Waals surface area contributed by atoms with Gasteiger partial charge in [-0.2, -0.15) is 0 Å². The Hall–Kier alpha value is -0.760. The molecule has 0 aliphatic carbocycles. The van der Waals surface area contributed by atoms with E-state index in [0.717, 1.165) is 11.8 Å². The van der Waals surface area contributed by atoms with Crippen LogP contribution in [0, 0.1) is 5.41 Å². The van der Waals surface area contributed by atoms with Gasteiger partial charge in [0.25, 0.3) is 0 Å². The van der Waals surface area contributed by atoms with Crippen LogP contribution < -0.4 is 0 Å². The summed E-state index contributed by atoms with van der Waals surface area (Å²) < 4.78 is 0. The number of nitrogens with one attached hydrogen (secondary N) is 1. The van der Waals surface area contributed by atoms with Crippen molar-refractivity contribution < 1.29 is 0 Å². The third-order valence-corrected chi connectivity index (χ3v) is 4.23. The second kappa shape index (κ2) is 4.01. The molecule has 80 valence electrons. The van der Waals surface area contributed by atoms with Crippen molar-refractivity contribution in [3.8, 4) is 0 Å². The van der Waals surface area contributed by atoms with Crippen LogP contribution in [0.3, 0.4) is 0 Å². The average Bonchev–Trinajstić information content (AvgIpc) is 2.66. The van der Waals surface area contributed by atoms with Crippen LogP contribution >= 0.6 is 15.9 Å². The number of aromatic amines is 1. The van der Waals surface area contributed by atoms with Crippen molar-refractivity contribution >= 4 is 26.8 Å². The summed E-state index contributed by atoms with van der Waals surface area (Å²) >= 11 is 3.58. The summed E-state index contributed by atoms with van der Waals surface area (Å²) in [6, 6.07) is 8.63. The lowest BCUT2D eigenvalue weighted by atomic mass is 9.87. The van der Waals surface area contributed by atoms with E-state index in [-0.39, 0.29) is 0 Å². The Morgan fingerprint density at radius 1 is 1.27 bits per heavy atom. The molecule has 0 atom stereocenters. The number of fused-ring (bicyclic) bond motifs is 1. The molecule has 0 aliphatic rings. The molecule has 0 bridgehead atoms. The number of rotatable bonds is 3. The van der Waals surface area contributed by atoms with Crippen molar-refractivity contribution in [2.75, 3.05) is 5.33 Å². The Morgan fingerprint density at radius 2 is 2.07 bits per heavy atom. The van der Waals surface area contributed by atoms with Gasteiger partial charge in [0.1, 0.15) is 0 Å². The quantitative estimate of drug-likeness (QED) is 0.804. The fourth-order valence-corrected chi connectivity index (χ4v) is 2.07. The molecule has 0 fully saturated rings. The fraction of sp³-hybridized carbons (Fsp3) is 0.385. The highest BCUT2D eigenvalue weighted by atomic mass is 79.9. The van der Waals surface area contributed by atoms with E-state index >= 15 is 0 Å². The summed E-state index contributed by atoms with van der Waals surface area (Å²) in [6.07, 6.45) is 3.11. The van der Waals surface area contributed by atoms with Crippen molar-refractivity contribution in [2.24, 2.45) is 5.41 Å². The summed E-state index contributed by atoms with van der Waals surface area (Å²) in [5, 5.41) is 2.38. The van der Waals surface area contributed by atoms with Crippen LogP contribution in [0.1, 0.15) is 19.4 Å². The van der Waals surface area contributed by atoms with Crippen LogP contribution in [0.4, 0.5) is 0 Å². The molecule has 1 aromatic heterocycles. The van der Waals surface area contributed by atoms with Gasteiger partial charge in [-0.3, -0.25) is 0 Å². The average molecular weight is 266 g/mol. The van der Waals surface area contributed by atoms with Crippen LogP contribution in [0.15, 0.2) is 30.5 Å². The zero-order chi connectivity index (χ0) is 10.9. The summed E-state index contributed by atoms with van der Waals surface area (Å²) in [7, 11) is 0. The minimum atomic E-state index is 0.311. The van der Waals surface area contributed by atoms with Crippen molar-refractivity contribution in [2.45, 2.75) is 20.3 Å². The normalized spacial score (nSPS) is 12.2. The van der Waals surface area contributed by atoms with Gasteiger partial charge in [-0.25, -0.2) is 0 Å². The van der Waals surface area contributed by atoms with Gasteiger partial charge >= 0.3 is 0 Å². The van der Waals surface area contributed by atoms with E-state index in [4.69, 9.17) is 0 Å². The summed E-state index contributed by atoms with van der Waals surface area (Å²) in [4.78, 5) is 3.25. The van der Waals surface area contributed by atoms with Crippen LogP contribution in [0.25, 0.3) is 10.9 Å². The molecule has 0 aliphatic heterocycles. The maximum absolute atomic E-state index is 3.58. The number of hydrogen-bond donors (Lipinski definition) is 1. The van der Waals surface area contributed by atoms with Crippen LogP contribution in [0.5, 0.6) is 0 Å². The predicted molar refractivity (Wildman–Crippen MR) is 69.6 cm³/mol. The first kappa shape index (κ1) is 10.7. The summed E-state index contributed by atoms with van der Waals surface area (Å²) in [6.45, 7) is 4.57. The van der Waals surface area contributed by atoms with E-state index in [0.29, 0.717) is 5.41 Å². The maximum atomic E-state index is 3.58. The van der Waals surface area contributed by atoms with Gasteiger partial charge in [0.15, 0.2) is 0 Å². The number of benzene rings is 1. The maximum Gasteiger partial charge on any atom is 0.0456 e. The zero-order valence-electron chi connectivity index (χ0n) is 9.18. The molecule has 2 rings (SSSR count). The Labute approximate surface area is 99.0 Å². The Kier molecular flexibility index (Phi) is 2.87. The first-order chi connectivity index (χ1) is 7.12. The Balaban J connectivity index is 2.39. The van der Waals surface area contributed by atoms with Crippen molar-refractivity contribution in [1.29, 1.82) is 0 Å². The molecule has 2 heteroatoms. The van der Waals surface area contributed by atoms with Crippen LogP contribution in [-0.2, 0) is 6.42 Å². The smallest absolute Gasteiger partial charge is 0.0456 e. The van der Waals surface area contributed by atoms with Gasteiger partial charge < -0.3 is 4.98 Å². The molecule has 0 spiro atoms. The first-order valence-electron chi connectivity index (χ1n) is 5.23. The molecule has 0 unspecified atom stereocenters. The van der Waals surface area contributed by atoms with E-state index in [1.54, 1.807) is 0 Å². The standard InChI is InChI=1S/C13H16BrN/c1-13(2,9-14)8-10-4-3-5-12-11(10)6-7-15-12/h3-7,15H,8-9H2,1-2H3. The molecule has 0 saturated carbocycles. The Bertz CT molecular complexity index is 456. The predicted octanol–water partition coefficient (Wildman–Crippen LogP) is 4.13. The molecular weight excluding hydrogens is 250 g/mol. The van der Waals surface area contributed by atoms with Gasteiger partial charge in [-0.15, -0.1) is 0 Å². The highest BCUT2D eigenvalue weighted by Crippen LogP contribution is 2.28. The van der Waals surface area contributed by atoms with E-state index in [2.05, 4.69) is 59.0 Å². The lowest BCUT2D eigenvalue weighted by molar-refractivity contribution is 0.426. The molecule has 2 aromatic rings. The van der Waals surface area contributed by atoms with E-state index < -0.39 is 0 Å². The largest absolute Gasteiger partial charge is 0.361 e. The van der Waals surface area contributed by atoms with E-state index in [1.807, 2.05) is 6.20 Å². The lowest BCUT2D eigenvalue weighted by Crippen LogP contribution is -2.16. The monoisotopic (exact) mass is 265 g/mol. The molecule has 1 heterocycles. The lowest BCUT2D eigenvalue weighted by Gasteiger charge is -2.21. The van der Waals surface area contributed by atoms with E-state index in [9.17, 15) is 0 Å². The SMILES string of the molecule is CC(C)(CBr)Cc1cccc2[nH]ccc12. The topological polar surface area (TPSA) is 15.8 Å². The highest BCUT2D eigenvalue weighted by molar-refractivity contribution is 9.09. The molecule has 0 amide bonds. The first-order valence-corrected chi connectivity index (χ1v) is 6.35. The van der Waals surface area contributed by atoms with Crippen molar-refractivity contribution in [1.82, 2.24) is 4.98 Å². The number of H-pyrrole nitrogens is 1. The second-order valence-corrected chi connectivity index (χ2v) is 5.39. The number of alkyl halides is 1. The van der Waals surface area contributed by atoms with Crippen molar-refractivity contribution in [3.63, 3.8) is 0 Å². The van der Waals surface area contributed by atoms with Crippen molar-refractivity contribution in [3.05, 3.63) is 36.0 Å². The van der Waals surface area contributed by atoms with Gasteiger partial charge in [-0.1, -0.05) is 41.9 Å². The molecule has 1 aromatic carbocycles. The summed E-state index contributed by atoms with van der Waals surface area (Å²) in [5.74, 6) is 0. The van der Waals surface area contributed by atoms with Gasteiger partial charge in [0.2, 0.25) is 0 Å². The third kappa shape index (κ3) is 2.25. The molecule has 0 radical (unpaired) electrons. The minimum absolute atomic E-state index is 0.311. The van der Waals surface area contributed by atoms with Gasteiger partial charge in [0.05, 0.1) is 0 Å². The number of halogens is 1. The number of hydrogen-bond acceptors (Lipinski definition) is 0. The zero-order valence-corrected chi connectivity index (χ0v) is 10.8. The molecular formula is C13H16BrN. The Morgan fingerprint density at radius 3 is 2.80 bits per heavy atom. The molecule has 1 nitrogen and oxygen atoms in total. The van der Waals surface area contributed by atoms with Crippen LogP contribution in [0.2, 0.25) is 0 Å².